The highest BCUT2D eigenvalue weighted by atomic mass is 127. The van der Waals surface area contributed by atoms with E-state index in [2.05, 4.69) is 27.6 Å². The van der Waals surface area contributed by atoms with Gasteiger partial charge in [-0.3, -0.25) is 4.98 Å². The van der Waals surface area contributed by atoms with E-state index in [1.807, 2.05) is 25.1 Å². The third-order valence-electron chi connectivity index (χ3n) is 2.53. The SMILES string of the molecule is Cc1nc2cc(I)ccc2c(Cl)c1CCCl. The van der Waals surface area contributed by atoms with Gasteiger partial charge in [-0.1, -0.05) is 17.7 Å². The van der Waals surface area contributed by atoms with E-state index in [0.29, 0.717) is 5.88 Å². The molecular weight excluding hydrogens is 356 g/mol. The van der Waals surface area contributed by atoms with Crippen molar-refractivity contribution in [2.45, 2.75) is 13.3 Å². The number of pyridine rings is 1. The average molecular weight is 366 g/mol. The minimum Gasteiger partial charge on any atom is -0.253 e. The van der Waals surface area contributed by atoms with E-state index in [1.165, 1.54) is 0 Å². The van der Waals surface area contributed by atoms with Gasteiger partial charge in [-0.05, 0) is 53.6 Å². The minimum atomic E-state index is 0.568. The van der Waals surface area contributed by atoms with Crippen LogP contribution in [0.25, 0.3) is 10.9 Å². The number of hydrogen-bond acceptors (Lipinski definition) is 1. The van der Waals surface area contributed by atoms with Crippen molar-refractivity contribution < 1.29 is 0 Å². The van der Waals surface area contributed by atoms with Gasteiger partial charge in [0, 0.05) is 20.5 Å². The maximum atomic E-state index is 6.38. The Balaban J connectivity index is 2.73. The molecule has 1 nitrogen and oxygen atoms in total. The summed E-state index contributed by atoms with van der Waals surface area (Å²) in [5, 5.41) is 1.80. The molecule has 0 amide bonds. The Kier molecular flexibility index (Phi) is 3.93. The van der Waals surface area contributed by atoms with E-state index in [0.717, 1.165) is 37.2 Å². The van der Waals surface area contributed by atoms with Crippen LogP contribution in [-0.4, -0.2) is 10.9 Å². The number of aromatic nitrogens is 1. The Hall–Kier alpha value is -0.0600. The topological polar surface area (TPSA) is 12.9 Å². The number of alkyl halides is 1. The fraction of sp³-hybridized carbons (Fsp3) is 0.250. The highest BCUT2D eigenvalue weighted by molar-refractivity contribution is 14.1. The maximum Gasteiger partial charge on any atom is 0.0730 e. The van der Waals surface area contributed by atoms with Gasteiger partial charge in [-0.25, -0.2) is 0 Å². The number of halogens is 3. The fourth-order valence-corrected chi connectivity index (χ4v) is 2.79. The van der Waals surface area contributed by atoms with Crippen molar-refractivity contribution in [1.29, 1.82) is 0 Å². The van der Waals surface area contributed by atoms with Gasteiger partial charge < -0.3 is 0 Å². The number of aryl methyl sites for hydroxylation is 1. The van der Waals surface area contributed by atoms with Gasteiger partial charge in [-0.15, -0.1) is 11.6 Å². The third kappa shape index (κ3) is 2.29. The van der Waals surface area contributed by atoms with Crippen LogP contribution < -0.4 is 0 Å². The van der Waals surface area contributed by atoms with E-state index < -0.39 is 0 Å². The summed E-state index contributed by atoms with van der Waals surface area (Å²) in [6.45, 7) is 1.98. The average Bonchev–Trinajstić information content (AvgIpc) is 2.23. The molecule has 0 unspecified atom stereocenters. The molecule has 1 aromatic carbocycles. The molecule has 16 heavy (non-hydrogen) atoms. The monoisotopic (exact) mass is 365 g/mol. The Labute approximate surface area is 118 Å². The second-order valence-corrected chi connectivity index (χ2v) is 5.59. The van der Waals surface area contributed by atoms with Gasteiger partial charge >= 0.3 is 0 Å². The molecule has 0 aliphatic heterocycles. The smallest absolute Gasteiger partial charge is 0.0730 e. The summed E-state index contributed by atoms with van der Waals surface area (Å²) in [6.07, 6.45) is 0.765. The predicted octanol–water partition coefficient (Wildman–Crippen LogP) is 4.58. The number of benzene rings is 1. The van der Waals surface area contributed by atoms with Crippen LogP contribution >= 0.6 is 45.8 Å². The molecule has 0 aliphatic carbocycles. The first kappa shape index (κ1) is 12.4. The summed E-state index contributed by atoms with van der Waals surface area (Å²) in [6, 6.07) is 6.10. The van der Waals surface area contributed by atoms with Gasteiger partial charge in [-0.2, -0.15) is 0 Å². The van der Waals surface area contributed by atoms with Crippen LogP contribution in [0.15, 0.2) is 18.2 Å². The van der Waals surface area contributed by atoms with Crippen molar-refractivity contribution in [3.63, 3.8) is 0 Å². The summed E-state index contributed by atoms with van der Waals surface area (Å²) < 4.78 is 1.16. The van der Waals surface area contributed by atoms with Crippen molar-refractivity contribution in [2.75, 3.05) is 5.88 Å². The Morgan fingerprint density at radius 1 is 1.38 bits per heavy atom. The van der Waals surface area contributed by atoms with Crippen LogP contribution in [-0.2, 0) is 6.42 Å². The Bertz CT molecular complexity index is 540. The molecule has 0 radical (unpaired) electrons. The molecule has 0 bridgehead atoms. The van der Waals surface area contributed by atoms with Gasteiger partial charge in [0.1, 0.15) is 0 Å². The molecule has 0 saturated carbocycles. The van der Waals surface area contributed by atoms with E-state index in [-0.39, 0.29) is 0 Å². The van der Waals surface area contributed by atoms with Crippen LogP contribution in [0.1, 0.15) is 11.3 Å². The quantitative estimate of drug-likeness (QED) is 0.560. The molecule has 0 saturated heterocycles. The van der Waals surface area contributed by atoms with Gasteiger partial charge in [0.2, 0.25) is 0 Å². The second-order valence-electron chi connectivity index (χ2n) is 3.59. The first-order valence-corrected chi connectivity index (χ1v) is 6.93. The van der Waals surface area contributed by atoms with Gasteiger partial charge in [0.25, 0.3) is 0 Å². The number of hydrogen-bond donors (Lipinski definition) is 0. The standard InChI is InChI=1S/C12H10Cl2IN/c1-7-9(4-5-13)12(14)10-3-2-8(15)6-11(10)16-7/h2-3,6H,4-5H2,1H3. The highest BCUT2D eigenvalue weighted by Crippen LogP contribution is 2.29. The minimum absolute atomic E-state index is 0.568. The zero-order chi connectivity index (χ0) is 11.7. The molecule has 0 fully saturated rings. The lowest BCUT2D eigenvalue weighted by atomic mass is 10.1. The summed E-state index contributed by atoms with van der Waals surface area (Å²) in [5.74, 6) is 0.568. The molecule has 2 aromatic rings. The highest BCUT2D eigenvalue weighted by Gasteiger charge is 2.10. The Morgan fingerprint density at radius 2 is 2.12 bits per heavy atom. The largest absolute Gasteiger partial charge is 0.253 e. The molecule has 84 valence electrons. The summed E-state index contributed by atoms with van der Waals surface area (Å²) in [5.41, 5.74) is 2.98. The van der Waals surface area contributed by atoms with Crippen molar-refractivity contribution in [3.8, 4) is 0 Å². The lowest BCUT2D eigenvalue weighted by molar-refractivity contribution is 1.07. The van der Waals surface area contributed by atoms with Crippen LogP contribution in [0, 0.1) is 10.5 Å². The third-order valence-corrected chi connectivity index (χ3v) is 3.82. The first-order valence-electron chi connectivity index (χ1n) is 4.93. The van der Waals surface area contributed by atoms with Gasteiger partial charge in [0.05, 0.1) is 10.5 Å². The van der Waals surface area contributed by atoms with Gasteiger partial charge in [0.15, 0.2) is 0 Å². The van der Waals surface area contributed by atoms with E-state index in [1.54, 1.807) is 0 Å². The van der Waals surface area contributed by atoms with Crippen LogP contribution in [0.2, 0.25) is 5.02 Å². The number of nitrogens with zero attached hydrogens (tertiary/aromatic N) is 1. The van der Waals surface area contributed by atoms with E-state index in [9.17, 15) is 0 Å². The van der Waals surface area contributed by atoms with Crippen LogP contribution in [0.3, 0.4) is 0 Å². The molecule has 2 rings (SSSR count). The molecule has 4 heteroatoms. The van der Waals surface area contributed by atoms with Crippen molar-refractivity contribution in [1.82, 2.24) is 4.98 Å². The molecule has 1 aromatic heterocycles. The maximum absolute atomic E-state index is 6.38. The summed E-state index contributed by atoms with van der Waals surface area (Å²) in [7, 11) is 0. The normalized spacial score (nSPS) is 11.0. The first-order chi connectivity index (χ1) is 7.63. The van der Waals surface area contributed by atoms with E-state index >= 15 is 0 Å². The van der Waals surface area contributed by atoms with Crippen molar-refractivity contribution in [2.24, 2.45) is 0 Å². The molecule has 0 N–H and O–H groups in total. The lowest BCUT2D eigenvalue weighted by Gasteiger charge is -2.09. The molecule has 0 aliphatic rings. The van der Waals surface area contributed by atoms with Crippen molar-refractivity contribution >= 4 is 56.7 Å². The van der Waals surface area contributed by atoms with E-state index in [4.69, 9.17) is 23.2 Å². The number of rotatable bonds is 2. The Morgan fingerprint density at radius 3 is 2.81 bits per heavy atom. The zero-order valence-corrected chi connectivity index (χ0v) is 12.4. The fourth-order valence-electron chi connectivity index (χ4n) is 1.74. The lowest BCUT2D eigenvalue weighted by Crippen LogP contribution is -1.97. The molecule has 0 atom stereocenters. The summed E-state index contributed by atoms with van der Waals surface area (Å²) >= 11 is 14.4. The second kappa shape index (κ2) is 5.07. The van der Waals surface area contributed by atoms with Crippen LogP contribution in [0.4, 0.5) is 0 Å². The molecule has 1 heterocycles. The molecular formula is C12H10Cl2IN. The predicted molar refractivity (Wildman–Crippen MR) is 78.6 cm³/mol. The van der Waals surface area contributed by atoms with Crippen LogP contribution in [0.5, 0.6) is 0 Å². The summed E-state index contributed by atoms with van der Waals surface area (Å²) in [4.78, 5) is 4.57. The number of fused-ring (bicyclic) bond motifs is 1. The zero-order valence-electron chi connectivity index (χ0n) is 8.73. The van der Waals surface area contributed by atoms with Crippen molar-refractivity contribution in [3.05, 3.63) is 38.0 Å². The molecule has 0 spiro atoms.